The number of benzene rings is 1. The topological polar surface area (TPSA) is 61.4 Å². The summed E-state index contributed by atoms with van der Waals surface area (Å²) in [5, 5.41) is 11.2. The van der Waals surface area contributed by atoms with Gasteiger partial charge in [-0.25, -0.2) is 4.39 Å². The van der Waals surface area contributed by atoms with E-state index in [1.807, 2.05) is 0 Å². The number of carbonyl (C=O) groups is 1. The van der Waals surface area contributed by atoms with Crippen LogP contribution in [-0.4, -0.2) is 53.7 Å². The van der Waals surface area contributed by atoms with Crippen molar-refractivity contribution in [3.63, 3.8) is 0 Å². The van der Waals surface area contributed by atoms with Gasteiger partial charge in [0.1, 0.15) is 11.6 Å². The fourth-order valence-electron chi connectivity index (χ4n) is 2.78. The fraction of sp³-hybridized carbons (Fsp3) is 0.389. The van der Waals surface area contributed by atoms with Gasteiger partial charge in [0.25, 0.3) is 5.91 Å². The highest BCUT2D eigenvalue weighted by Gasteiger charge is 2.23. The number of hydrogen-bond acceptors (Lipinski definition) is 5. The molecule has 0 bridgehead atoms. The maximum atomic E-state index is 13.0. The van der Waals surface area contributed by atoms with Crippen molar-refractivity contribution in [2.45, 2.75) is 13.3 Å². The zero-order valence-corrected chi connectivity index (χ0v) is 14.3. The predicted octanol–water partition coefficient (Wildman–Crippen LogP) is 2.40. The molecule has 0 aliphatic carbocycles. The number of piperazine rings is 1. The second kappa shape index (κ2) is 7.92. The van der Waals surface area contributed by atoms with Crippen LogP contribution in [0.15, 0.2) is 36.4 Å². The number of hydrogen-bond donors (Lipinski definition) is 1. The van der Waals surface area contributed by atoms with Gasteiger partial charge in [0.2, 0.25) is 0 Å². The van der Waals surface area contributed by atoms with Crippen LogP contribution in [0.2, 0.25) is 0 Å². The average Bonchev–Trinajstić information content (AvgIpc) is 2.67. The molecule has 0 radical (unpaired) electrons. The van der Waals surface area contributed by atoms with Crippen LogP contribution < -0.4 is 10.2 Å². The molecule has 1 amide bonds. The van der Waals surface area contributed by atoms with Crippen LogP contribution in [-0.2, 0) is 0 Å². The number of halogens is 1. The van der Waals surface area contributed by atoms with Crippen molar-refractivity contribution in [1.29, 1.82) is 0 Å². The molecule has 6 nitrogen and oxygen atoms in total. The number of rotatable bonds is 5. The van der Waals surface area contributed by atoms with Crippen molar-refractivity contribution in [1.82, 2.24) is 15.1 Å². The summed E-state index contributed by atoms with van der Waals surface area (Å²) >= 11 is 0. The fourth-order valence-corrected chi connectivity index (χ4v) is 2.78. The lowest BCUT2D eigenvalue weighted by Gasteiger charge is -2.35. The first-order valence-electron chi connectivity index (χ1n) is 8.55. The van der Waals surface area contributed by atoms with Gasteiger partial charge in [-0.2, -0.15) is 0 Å². The molecule has 2 aromatic rings. The van der Waals surface area contributed by atoms with E-state index in [-0.39, 0.29) is 11.7 Å². The lowest BCUT2D eigenvalue weighted by molar-refractivity contribution is 0.0739. The standard InChI is InChI=1S/C18H22FN5O/c1-2-9-20-17-8-7-16(21-22-17)18(25)24-12-10-23(11-13-24)15-5-3-14(19)4-6-15/h3-8H,2,9-13H2,1H3,(H,20,22). The van der Waals surface area contributed by atoms with Gasteiger partial charge in [-0.1, -0.05) is 6.92 Å². The van der Waals surface area contributed by atoms with Crippen LogP contribution in [0.4, 0.5) is 15.9 Å². The maximum absolute atomic E-state index is 13.0. The van der Waals surface area contributed by atoms with E-state index in [4.69, 9.17) is 0 Å². The molecule has 0 unspecified atom stereocenters. The number of nitrogens with zero attached hydrogens (tertiary/aromatic N) is 4. The van der Waals surface area contributed by atoms with Crippen LogP contribution in [0.3, 0.4) is 0 Å². The number of amides is 1. The van der Waals surface area contributed by atoms with Gasteiger partial charge in [-0.05, 0) is 42.8 Å². The molecule has 1 aromatic heterocycles. The minimum atomic E-state index is -0.243. The second-order valence-corrected chi connectivity index (χ2v) is 5.99. The highest BCUT2D eigenvalue weighted by molar-refractivity contribution is 5.92. The van der Waals surface area contributed by atoms with Crippen LogP contribution in [0.5, 0.6) is 0 Å². The average molecular weight is 343 g/mol. The first-order chi connectivity index (χ1) is 12.2. The molecule has 7 heteroatoms. The zero-order chi connectivity index (χ0) is 17.6. The molecule has 0 spiro atoms. The minimum absolute atomic E-state index is 0.103. The summed E-state index contributed by atoms with van der Waals surface area (Å²) in [4.78, 5) is 16.5. The Morgan fingerprint density at radius 1 is 1.08 bits per heavy atom. The number of aromatic nitrogens is 2. The molecule has 132 valence electrons. The summed E-state index contributed by atoms with van der Waals surface area (Å²) < 4.78 is 13.0. The highest BCUT2D eigenvalue weighted by atomic mass is 19.1. The molecule has 1 fully saturated rings. The normalized spacial score (nSPS) is 14.5. The van der Waals surface area contributed by atoms with E-state index < -0.39 is 0 Å². The van der Waals surface area contributed by atoms with Gasteiger partial charge in [0.15, 0.2) is 5.69 Å². The summed E-state index contributed by atoms with van der Waals surface area (Å²) in [6.45, 7) is 5.53. The van der Waals surface area contributed by atoms with Crippen LogP contribution in [0.1, 0.15) is 23.8 Å². The lowest BCUT2D eigenvalue weighted by atomic mass is 10.2. The van der Waals surface area contributed by atoms with Crippen molar-refractivity contribution < 1.29 is 9.18 Å². The summed E-state index contributed by atoms with van der Waals surface area (Å²) in [6.07, 6.45) is 1.00. The van der Waals surface area contributed by atoms with Gasteiger partial charge in [-0.3, -0.25) is 4.79 Å². The Balaban J connectivity index is 1.56. The largest absolute Gasteiger partial charge is 0.369 e. The van der Waals surface area contributed by atoms with Gasteiger partial charge >= 0.3 is 0 Å². The molecule has 1 aliphatic heterocycles. The third-order valence-electron chi connectivity index (χ3n) is 4.20. The first-order valence-corrected chi connectivity index (χ1v) is 8.55. The van der Waals surface area contributed by atoms with E-state index in [2.05, 4.69) is 27.3 Å². The highest BCUT2D eigenvalue weighted by Crippen LogP contribution is 2.17. The van der Waals surface area contributed by atoms with E-state index in [0.717, 1.165) is 18.7 Å². The zero-order valence-electron chi connectivity index (χ0n) is 14.3. The van der Waals surface area contributed by atoms with Crippen molar-refractivity contribution in [3.8, 4) is 0 Å². The van der Waals surface area contributed by atoms with E-state index >= 15 is 0 Å². The molecule has 3 rings (SSSR count). The van der Waals surface area contributed by atoms with Crippen molar-refractivity contribution in [2.24, 2.45) is 0 Å². The number of anilines is 2. The predicted molar refractivity (Wildman–Crippen MR) is 95.3 cm³/mol. The summed E-state index contributed by atoms with van der Waals surface area (Å²) in [5.41, 5.74) is 1.33. The van der Waals surface area contributed by atoms with Crippen molar-refractivity contribution in [2.75, 3.05) is 42.9 Å². The lowest BCUT2D eigenvalue weighted by Crippen LogP contribution is -2.49. The van der Waals surface area contributed by atoms with E-state index in [1.165, 1.54) is 12.1 Å². The Morgan fingerprint density at radius 2 is 1.80 bits per heavy atom. The van der Waals surface area contributed by atoms with Crippen molar-refractivity contribution >= 4 is 17.4 Å². The maximum Gasteiger partial charge on any atom is 0.274 e. The molecule has 0 saturated carbocycles. The quantitative estimate of drug-likeness (QED) is 0.903. The van der Waals surface area contributed by atoms with Gasteiger partial charge in [0, 0.05) is 38.4 Å². The molecule has 1 aromatic carbocycles. The van der Waals surface area contributed by atoms with E-state index in [0.29, 0.717) is 37.7 Å². The molecule has 1 N–H and O–H groups in total. The number of nitrogens with one attached hydrogen (secondary N) is 1. The van der Waals surface area contributed by atoms with Crippen LogP contribution in [0, 0.1) is 5.82 Å². The Labute approximate surface area is 146 Å². The first kappa shape index (κ1) is 17.1. The Bertz CT molecular complexity index is 696. The van der Waals surface area contributed by atoms with Gasteiger partial charge in [0.05, 0.1) is 0 Å². The molecule has 1 aliphatic rings. The van der Waals surface area contributed by atoms with Crippen molar-refractivity contribution in [3.05, 3.63) is 47.9 Å². The number of carbonyl (C=O) groups excluding carboxylic acids is 1. The summed E-state index contributed by atoms with van der Waals surface area (Å²) in [7, 11) is 0. The Hall–Kier alpha value is -2.70. The Kier molecular flexibility index (Phi) is 5.42. The minimum Gasteiger partial charge on any atom is -0.369 e. The molecule has 1 saturated heterocycles. The second-order valence-electron chi connectivity index (χ2n) is 5.99. The molecular formula is C18H22FN5O. The SMILES string of the molecule is CCCNc1ccc(C(=O)N2CCN(c3ccc(F)cc3)CC2)nn1. The Morgan fingerprint density at radius 3 is 2.40 bits per heavy atom. The van der Waals surface area contributed by atoms with Crippen LogP contribution in [0.25, 0.3) is 0 Å². The summed E-state index contributed by atoms with van der Waals surface area (Å²) in [6, 6.07) is 9.93. The third-order valence-corrected chi connectivity index (χ3v) is 4.20. The third kappa shape index (κ3) is 4.23. The molecule has 2 heterocycles. The van der Waals surface area contributed by atoms with E-state index in [9.17, 15) is 9.18 Å². The molecule has 25 heavy (non-hydrogen) atoms. The smallest absolute Gasteiger partial charge is 0.274 e. The summed E-state index contributed by atoms with van der Waals surface area (Å²) in [5.74, 6) is 0.334. The molecular weight excluding hydrogens is 321 g/mol. The van der Waals surface area contributed by atoms with Crippen LogP contribution >= 0.6 is 0 Å². The molecule has 0 atom stereocenters. The van der Waals surface area contributed by atoms with Gasteiger partial charge < -0.3 is 15.1 Å². The van der Waals surface area contributed by atoms with Gasteiger partial charge in [-0.15, -0.1) is 10.2 Å². The monoisotopic (exact) mass is 343 g/mol. The van der Waals surface area contributed by atoms with E-state index in [1.54, 1.807) is 29.2 Å².